The average Bonchev–Trinajstić information content (AvgIpc) is 3.93. The second-order valence-electron chi connectivity index (χ2n) is 16.1. The van der Waals surface area contributed by atoms with Crippen LogP contribution in [0.5, 0.6) is 0 Å². The molecule has 0 fully saturated rings. The summed E-state index contributed by atoms with van der Waals surface area (Å²) in [4.78, 5) is 77.7. The van der Waals surface area contributed by atoms with E-state index in [2.05, 4.69) is 20.8 Å². The van der Waals surface area contributed by atoms with Crippen LogP contribution < -0.4 is 22.1 Å². The molecule has 5 amide bonds. The monoisotopic (exact) mass is 833 g/mol. The standard InChI is InChI=1S/C42H51N13O6/c1-7-54-34-28(25(3)50-54)11-9-8-10-16-55-33(21-24(2)49-55)37(58)47-39-45-29-22-26(35(43)56)12-14-31(29)52(39)19-17-51(41(60)61-42(4,5)6)18-20-53-32-15-13-27(36(44)57)23-30(32)46-40(53)48-38(34)59/h12-15,21-23H,7-11,16-20H2,1-6H3,(H2,43,56)(H2,44,57)(H,45,47,58)(H,46,48,59). The predicted molar refractivity (Wildman–Crippen MR) is 227 cm³/mol. The van der Waals surface area contributed by atoms with Crippen LogP contribution in [0.15, 0.2) is 42.5 Å². The summed E-state index contributed by atoms with van der Waals surface area (Å²) in [5, 5.41) is 15.3. The minimum absolute atomic E-state index is 0.0797. The fraction of sp³-hybridized carbons (Fsp3) is 0.405. The molecule has 0 bridgehead atoms. The molecule has 0 spiro atoms. The maximum atomic E-state index is 14.3. The number of nitrogens with zero attached hydrogens (tertiary/aromatic N) is 9. The van der Waals surface area contributed by atoms with Crippen LogP contribution in [0.3, 0.4) is 0 Å². The van der Waals surface area contributed by atoms with Crippen LogP contribution in [0, 0.1) is 13.8 Å². The lowest BCUT2D eigenvalue weighted by molar-refractivity contribution is 0.0238. The number of rotatable bonds is 3. The molecule has 19 heteroatoms. The lowest BCUT2D eigenvalue weighted by Gasteiger charge is -2.28. The van der Waals surface area contributed by atoms with E-state index in [1.165, 1.54) is 4.90 Å². The quantitative estimate of drug-likeness (QED) is 0.190. The summed E-state index contributed by atoms with van der Waals surface area (Å²) in [7, 11) is 0. The van der Waals surface area contributed by atoms with Gasteiger partial charge in [-0.05, 0) is 103 Å². The Kier molecular flexibility index (Phi) is 11.7. The normalized spacial score (nSPS) is 14.8. The molecule has 0 unspecified atom stereocenters. The molecule has 5 heterocycles. The number of primary amides is 2. The van der Waals surface area contributed by atoms with Crippen molar-refractivity contribution in [2.75, 3.05) is 23.7 Å². The van der Waals surface area contributed by atoms with Crippen LogP contribution in [0.1, 0.15) is 106 Å². The molecule has 2 aromatic carbocycles. The first kappa shape index (κ1) is 42.1. The average molecular weight is 834 g/mol. The van der Waals surface area contributed by atoms with E-state index in [0.717, 1.165) is 24.1 Å². The highest BCUT2D eigenvalue weighted by molar-refractivity contribution is 6.05. The van der Waals surface area contributed by atoms with Crippen molar-refractivity contribution >= 4 is 63.7 Å². The minimum atomic E-state index is -0.838. The van der Waals surface area contributed by atoms with E-state index in [4.69, 9.17) is 26.2 Å². The number of fused-ring (bicyclic) bond motifs is 8. The Morgan fingerprint density at radius 3 is 1.87 bits per heavy atom. The zero-order valence-electron chi connectivity index (χ0n) is 35.2. The SMILES string of the molecule is CCn1nc(C)c2c1C(=O)Nc1nc3cc(C(N)=O)ccc3n1CCN(C(=O)OC(C)(C)C)CCn1c(nc3cc(C(N)=O)ccc31)NC(=O)c1cc(C)nn1CCCCC2. The fourth-order valence-corrected chi connectivity index (χ4v) is 7.64. The van der Waals surface area contributed by atoms with Gasteiger partial charge in [-0.25, -0.2) is 14.8 Å². The van der Waals surface area contributed by atoms with Gasteiger partial charge in [0.1, 0.15) is 17.0 Å². The third-order valence-corrected chi connectivity index (χ3v) is 10.6. The first-order valence-electron chi connectivity index (χ1n) is 20.3. The Balaban J connectivity index is 1.33. The van der Waals surface area contributed by atoms with Crippen LogP contribution in [0.25, 0.3) is 22.1 Å². The van der Waals surface area contributed by atoms with Crippen LogP contribution >= 0.6 is 0 Å². The van der Waals surface area contributed by atoms with Gasteiger partial charge in [-0.15, -0.1) is 0 Å². The van der Waals surface area contributed by atoms with Gasteiger partial charge in [0, 0.05) is 56.0 Å². The number of hydrogen-bond acceptors (Lipinski definition) is 10. The molecule has 0 atom stereocenters. The molecule has 61 heavy (non-hydrogen) atoms. The van der Waals surface area contributed by atoms with Gasteiger partial charge in [0.2, 0.25) is 23.7 Å². The Morgan fingerprint density at radius 1 is 0.754 bits per heavy atom. The second kappa shape index (κ2) is 16.9. The molecule has 1 aliphatic rings. The number of amides is 5. The summed E-state index contributed by atoms with van der Waals surface area (Å²) in [5.74, 6) is -1.72. The van der Waals surface area contributed by atoms with E-state index in [1.807, 2.05) is 20.8 Å². The van der Waals surface area contributed by atoms with Crippen LogP contribution in [-0.2, 0) is 37.3 Å². The number of nitrogens with one attached hydrogen (secondary N) is 2. The van der Waals surface area contributed by atoms with Crippen molar-refractivity contribution in [3.05, 3.63) is 81.9 Å². The van der Waals surface area contributed by atoms with Crippen molar-refractivity contribution in [3.8, 4) is 0 Å². The summed E-state index contributed by atoms with van der Waals surface area (Å²) < 4.78 is 12.8. The summed E-state index contributed by atoms with van der Waals surface area (Å²) in [6.07, 6.45) is 2.20. The van der Waals surface area contributed by atoms with Crippen LogP contribution in [0.2, 0.25) is 0 Å². The first-order valence-corrected chi connectivity index (χ1v) is 20.3. The van der Waals surface area contributed by atoms with E-state index in [1.54, 1.807) is 81.7 Å². The summed E-state index contributed by atoms with van der Waals surface area (Å²) in [5.41, 5.74) is 15.9. The van der Waals surface area contributed by atoms with Crippen molar-refractivity contribution in [3.63, 3.8) is 0 Å². The summed E-state index contributed by atoms with van der Waals surface area (Å²) in [6, 6.07) is 11.4. The highest BCUT2D eigenvalue weighted by atomic mass is 16.6. The Morgan fingerprint density at radius 2 is 1.33 bits per heavy atom. The molecule has 0 aliphatic carbocycles. The number of anilines is 2. The molecule has 0 radical (unpaired) electrons. The van der Waals surface area contributed by atoms with Gasteiger partial charge in [0.15, 0.2) is 0 Å². The number of nitrogens with two attached hydrogens (primary N) is 2. The summed E-state index contributed by atoms with van der Waals surface area (Å²) in [6.45, 7) is 12.3. The third-order valence-electron chi connectivity index (χ3n) is 10.6. The zero-order valence-corrected chi connectivity index (χ0v) is 35.2. The van der Waals surface area contributed by atoms with Gasteiger partial charge in [0.25, 0.3) is 11.8 Å². The smallest absolute Gasteiger partial charge is 0.410 e. The Hall–Kier alpha value is -7.05. The predicted octanol–water partition coefficient (Wildman–Crippen LogP) is 4.78. The lowest BCUT2D eigenvalue weighted by atomic mass is 10.0. The van der Waals surface area contributed by atoms with Crippen LogP contribution in [0.4, 0.5) is 16.7 Å². The van der Waals surface area contributed by atoms with Gasteiger partial charge in [-0.2, -0.15) is 10.2 Å². The molecule has 6 aromatic rings. The largest absolute Gasteiger partial charge is 0.444 e. The molecule has 6 N–H and O–H groups in total. The van der Waals surface area contributed by atoms with Gasteiger partial charge in [-0.1, -0.05) is 6.42 Å². The molecular formula is C42H51N13O6. The molecule has 0 saturated carbocycles. The molecular weight excluding hydrogens is 783 g/mol. The zero-order chi connectivity index (χ0) is 43.7. The van der Waals surface area contributed by atoms with Crippen LogP contribution in [-0.4, -0.2) is 92.0 Å². The molecule has 0 saturated heterocycles. The van der Waals surface area contributed by atoms with E-state index in [9.17, 15) is 24.0 Å². The highest BCUT2D eigenvalue weighted by Crippen LogP contribution is 2.26. The first-order chi connectivity index (χ1) is 29.0. The van der Waals surface area contributed by atoms with Crippen molar-refractivity contribution in [2.24, 2.45) is 11.5 Å². The third kappa shape index (κ3) is 8.95. The van der Waals surface area contributed by atoms with Gasteiger partial charge >= 0.3 is 6.09 Å². The number of carbonyl (C=O) groups excluding carboxylic acids is 5. The Bertz CT molecular complexity index is 2700. The maximum Gasteiger partial charge on any atom is 0.410 e. The van der Waals surface area contributed by atoms with E-state index in [-0.39, 0.29) is 49.2 Å². The van der Waals surface area contributed by atoms with Crippen molar-refractivity contribution in [1.82, 2.24) is 43.6 Å². The van der Waals surface area contributed by atoms with Crippen molar-refractivity contribution in [1.29, 1.82) is 0 Å². The molecule has 7 rings (SSSR count). The molecule has 1 aliphatic heterocycles. The van der Waals surface area contributed by atoms with Gasteiger partial charge in [-0.3, -0.25) is 39.2 Å². The van der Waals surface area contributed by atoms with Gasteiger partial charge in [0.05, 0.1) is 33.5 Å². The second-order valence-corrected chi connectivity index (χ2v) is 16.1. The van der Waals surface area contributed by atoms with Crippen molar-refractivity contribution < 1.29 is 28.7 Å². The van der Waals surface area contributed by atoms with E-state index >= 15 is 0 Å². The summed E-state index contributed by atoms with van der Waals surface area (Å²) >= 11 is 0. The Labute approximate surface area is 351 Å². The number of aryl methyl sites for hydroxylation is 4. The number of aromatic nitrogens is 8. The highest BCUT2D eigenvalue weighted by Gasteiger charge is 2.27. The molecule has 19 nitrogen and oxygen atoms in total. The minimum Gasteiger partial charge on any atom is -0.444 e. The molecule has 4 aromatic heterocycles. The number of imidazole rings is 2. The topological polar surface area (TPSA) is 245 Å². The maximum absolute atomic E-state index is 14.3. The molecule has 320 valence electrons. The number of ether oxygens (including phenoxy) is 1. The number of benzene rings is 2. The van der Waals surface area contributed by atoms with Gasteiger partial charge < -0.3 is 30.2 Å². The lowest BCUT2D eigenvalue weighted by Crippen LogP contribution is -2.40. The number of carbonyl (C=O) groups is 5. The van der Waals surface area contributed by atoms with E-state index < -0.39 is 35.3 Å². The fourth-order valence-electron chi connectivity index (χ4n) is 7.64. The van der Waals surface area contributed by atoms with E-state index in [0.29, 0.717) is 65.1 Å². The van der Waals surface area contributed by atoms with Crippen molar-refractivity contribution in [2.45, 2.75) is 99.0 Å². The number of hydrogen-bond donors (Lipinski definition) is 4.